The van der Waals surface area contributed by atoms with E-state index in [0.29, 0.717) is 30.3 Å². The summed E-state index contributed by atoms with van der Waals surface area (Å²) in [5, 5.41) is 10.7. The Morgan fingerprint density at radius 3 is 2.61 bits per heavy atom. The molecular formula is C23H30O5. The standard InChI is InChI=1S/C23H30O5/c1-23(2,25)17-14-8-26-20-18(14)27-19(17)21(20)28-22(24)13-7-11-6-12(13)16-10-4-3-9(5-10)15(11)16/h3-4,9-21,25H,5-8H2,1-2H3. The SMILES string of the molecule is CC(C)(O)C1C2COC3C2OC1C3OC(=O)C1CC2CC1C1C3C=CC(C3)C21. The van der Waals surface area contributed by atoms with Crippen molar-refractivity contribution in [1.29, 1.82) is 0 Å². The lowest BCUT2D eigenvalue weighted by Crippen LogP contribution is -2.52. The molecule has 3 heterocycles. The van der Waals surface area contributed by atoms with E-state index in [1.54, 1.807) is 0 Å². The van der Waals surface area contributed by atoms with E-state index in [-0.39, 0.29) is 48.1 Å². The van der Waals surface area contributed by atoms with Gasteiger partial charge in [-0.15, -0.1) is 0 Å². The van der Waals surface area contributed by atoms with Crippen molar-refractivity contribution in [2.45, 2.75) is 63.1 Å². The van der Waals surface area contributed by atoms with Gasteiger partial charge in [-0.05, 0) is 68.6 Å². The van der Waals surface area contributed by atoms with Gasteiger partial charge >= 0.3 is 5.97 Å². The van der Waals surface area contributed by atoms with Crippen LogP contribution in [0.2, 0.25) is 0 Å². The highest BCUT2D eigenvalue weighted by molar-refractivity contribution is 5.74. The molecule has 3 aliphatic heterocycles. The van der Waals surface area contributed by atoms with Crippen molar-refractivity contribution in [2.24, 2.45) is 53.3 Å². The maximum absolute atomic E-state index is 13.3. The van der Waals surface area contributed by atoms with E-state index < -0.39 is 5.60 Å². The first-order chi connectivity index (χ1) is 13.4. The number of carbonyl (C=O) groups is 1. The van der Waals surface area contributed by atoms with Gasteiger partial charge in [-0.1, -0.05) is 12.2 Å². The van der Waals surface area contributed by atoms with Crippen LogP contribution in [0.1, 0.15) is 33.1 Å². The van der Waals surface area contributed by atoms with Crippen LogP contribution in [0.25, 0.3) is 0 Å². The predicted molar refractivity (Wildman–Crippen MR) is 99.0 cm³/mol. The predicted octanol–water partition coefficient (Wildman–Crippen LogP) is 2.18. The van der Waals surface area contributed by atoms with Crippen LogP contribution in [0.4, 0.5) is 0 Å². The molecule has 5 heteroatoms. The second-order valence-electron chi connectivity index (χ2n) is 11.2. The molecule has 152 valence electrons. The number of aliphatic hydroxyl groups is 1. The molecule has 7 rings (SSSR count). The fourth-order valence-corrected chi connectivity index (χ4v) is 8.97. The number of hydrogen-bond acceptors (Lipinski definition) is 5. The molecule has 0 spiro atoms. The second-order valence-corrected chi connectivity index (χ2v) is 11.2. The van der Waals surface area contributed by atoms with E-state index in [2.05, 4.69) is 12.2 Å². The van der Waals surface area contributed by atoms with E-state index in [1.165, 1.54) is 12.8 Å². The molecule has 0 radical (unpaired) electrons. The lowest BCUT2D eigenvalue weighted by Gasteiger charge is -2.38. The summed E-state index contributed by atoms with van der Waals surface area (Å²) in [5.74, 6) is 4.43. The topological polar surface area (TPSA) is 65.0 Å². The van der Waals surface area contributed by atoms with Gasteiger partial charge in [0.05, 0.1) is 24.2 Å². The van der Waals surface area contributed by atoms with Gasteiger partial charge in [0.2, 0.25) is 0 Å². The Kier molecular flexibility index (Phi) is 3.14. The molecule has 28 heavy (non-hydrogen) atoms. The molecule has 3 saturated heterocycles. The first-order valence-electron chi connectivity index (χ1n) is 11.3. The number of fused-ring (bicyclic) bond motifs is 10. The summed E-state index contributed by atoms with van der Waals surface area (Å²) in [5.41, 5.74) is -0.859. The van der Waals surface area contributed by atoms with E-state index in [1.807, 2.05) is 13.8 Å². The largest absolute Gasteiger partial charge is 0.456 e. The van der Waals surface area contributed by atoms with Crippen molar-refractivity contribution in [1.82, 2.24) is 0 Å². The molecule has 13 unspecified atom stereocenters. The van der Waals surface area contributed by atoms with Crippen LogP contribution in [0.3, 0.4) is 0 Å². The third-order valence-electron chi connectivity index (χ3n) is 9.64. The Labute approximate surface area is 165 Å². The minimum atomic E-state index is -0.859. The van der Waals surface area contributed by atoms with Gasteiger partial charge in [0, 0.05) is 11.8 Å². The number of carbonyl (C=O) groups excluding carboxylic acids is 1. The number of allylic oxidation sites excluding steroid dienone is 2. The highest BCUT2D eigenvalue weighted by Gasteiger charge is 2.69. The summed E-state index contributed by atoms with van der Waals surface area (Å²) >= 11 is 0. The van der Waals surface area contributed by atoms with Crippen LogP contribution in [-0.2, 0) is 19.0 Å². The van der Waals surface area contributed by atoms with Gasteiger partial charge in [0.25, 0.3) is 0 Å². The summed E-state index contributed by atoms with van der Waals surface area (Å²) in [4.78, 5) is 13.3. The summed E-state index contributed by atoms with van der Waals surface area (Å²) < 4.78 is 18.3. The van der Waals surface area contributed by atoms with E-state index >= 15 is 0 Å². The molecule has 1 N–H and O–H groups in total. The van der Waals surface area contributed by atoms with Crippen molar-refractivity contribution in [3.8, 4) is 0 Å². The Morgan fingerprint density at radius 2 is 1.82 bits per heavy atom. The molecule has 5 nitrogen and oxygen atoms in total. The van der Waals surface area contributed by atoms with Crippen LogP contribution < -0.4 is 0 Å². The van der Waals surface area contributed by atoms with E-state index in [9.17, 15) is 9.90 Å². The number of rotatable bonds is 3. The molecule has 0 aromatic rings. The van der Waals surface area contributed by atoms with Crippen LogP contribution in [0.15, 0.2) is 12.2 Å². The fourth-order valence-electron chi connectivity index (χ4n) is 8.97. The quantitative estimate of drug-likeness (QED) is 0.458. The van der Waals surface area contributed by atoms with Crippen molar-refractivity contribution in [3.05, 3.63) is 12.2 Å². The smallest absolute Gasteiger partial charge is 0.309 e. The van der Waals surface area contributed by atoms with Gasteiger partial charge in [0.1, 0.15) is 12.2 Å². The Hall–Kier alpha value is -0.910. The van der Waals surface area contributed by atoms with Crippen LogP contribution in [0, 0.1) is 53.3 Å². The van der Waals surface area contributed by atoms with Crippen molar-refractivity contribution in [2.75, 3.05) is 6.61 Å². The van der Waals surface area contributed by atoms with Crippen molar-refractivity contribution in [3.63, 3.8) is 0 Å². The summed E-state index contributed by atoms with van der Waals surface area (Å²) in [6, 6.07) is 0. The molecule has 6 fully saturated rings. The van der Waals surface area contributed by atoms with E-state index in [0.717, 1.165) is 18.3 Å². The minimum absolute atomic E-state index is 0.0274. The molecular weight excluding hydrogens is 356 g/mol. The highest BCUT2D eigenvalue weighted by atomic mass is 16.6. The van der Waals surface area contributed by atoms with Crippen molar-refractivity contribution >= 4 is 5.97 Å². The normalized spacial score (nSPS) is 59.5. The molecule has 13 atom stereocenters. The summed E-state index contributed by atoms with van der Waals surface area (Å²) in [7, 11) is 0. The Bertz CT molecular complexity index is 755. The van der Waals surface area contributed by atoms with E-state index in [4.69, 9.17) is 14.2 Å². The second kappa shape index (κ2) is 5.22. The van der Waals surface area contributed by atoms with Gasteiger partial charge in [-0.25, -0.2) is 0 Å². The van der Waals surface area contributed by atoms with Gasteiger partial charge in [0.15, 0.2) is 6.10 Å². The Balaban J connectivity index is 1.11. The van der Waals surface area contributed by atoms with Gasteiger partial charge in [-0.3, -0.25) is 4.79 Å². The molecule has 0 amide bonds. The van der Waals surface area contributed by atoms with Gasteiger partial charge in [-0.2, -0.15) is 0 Å². The molecule has 0 aromatic carbocycles. The monoisotopic (exact) mass is 386 g/mol. The zero-order valence-corrected chi connectivity index (χ0v) is 16.6. The molecule has 0 aromatic heterocycles. The Morgan fingerprint density at radius 1 is 1.04 bits per heavy atom. The van der Waals surface area contributed by atoms with Crippen LogP contribution in [-0.4, -0.2) is 47.7 Å². The molecule has 7 aliphatic rings. The van der Waals surface area contributed by atoms with Gasteiger partial charge < -0.3 is 19.3 Å². The first kappa shape index (κ1) is 16.8. The molecule has 6 bridgehead atoms. The lowest BCUT2D eigenvalue weighted by atomic mass is 9.69. The molecule has 4 aliphatic carbocycles. The number of hydrogen-bond donors (Lipinski definition) is 1. The molecule has 3 saturated carbocycles. The number of ether oxygens (including phenoxy) is 3. The van der Waals surface area contributed by atoms with Crippen molar-refractivity contribution < 1.29 is 24.1 Å². The third kappa shape index (κ3) is 1.92. The lowest BCUT2D eigenvalue weighted by molar-refractivity contribution is -0.167. The minimum Gasteiger partial charge on any atom is -0.456 e. The highest BCUT2D eigenvalue weighted by Crippen LogP contribution is 2.67. The average molecular weight is 386 g/mol. The zero-order valence-electron chi connectivity index (χ0n) is 16.6. The zero-order chi connectivity index (χ0) is 18.9. The van der Waals surface area contributed by atoms with Crippen LogP contribution >= 0.6 is 0 Å². The summed E-state index contributed by atoms with van der Waals surface area (Å²) in [6.45, 7) is 4.28. The number of esters is 1. The third-order valence-corrected chi connectivity index (χ3v) is 9.64. The fraction of sp³-hybridized carbons (Fsp3) is 0.870. The first-order valence-corrected chi connectivity index (χ1v) is 11.3. The maximum Gasteiger partial charge on any atom is 0.309 e. The van der Waals surface area contributed by atoms with Crippen LogP contribution in [0.5, 0.6) is 0 Å². The maximum atomic E-state index is 13.3. The summed E-state index contributed by atoms with van der Waals surface area (Å²) in [6.07, 6.45) is 7.63. The average Bonchev–Trinajstić information content (AvgIpc) is 3.45.